The van der Waals surface area contributed by atoms with Gasteiger partial charge in [-0.25, -0.2) is 0 Å². The van der Waals surface area contributed by atoms with E-state index in [4.69, 9.17) is 5.73 Å². The summed E-state index contributed by atoms with van der Waals surface area (Å²) in [7, 11) is 3.56. The molecule has 4 nitrogen and oxygen atoms in total. The Kier molecular flexibility index (Phi) is 5.77. The van der Waals surface area contributed by atoms with Crippen LogP contribution in [0.3, 0.4) is 0 Å². The molecule has 0 aromatic heterocycles. The van der Waals surface area contributed by atoms with Crippen molar-refractivity contribution in [2.24, 2.45) is 11.7 Å². The van der Waals surface area contributed by atoms with Crippen LogP contribution in [-0.4, -0.2) is 44.2 Å². The molecule has 1 rings (SSSR count). The molecule has 1 fully saturated rings. The van der Waals surface area contributed by atoms with Crippen molar-refractivity contribution in [2.45, 2.75) is 38.1 Å². The van der Waals surface area contributed by atoms with Gasteiger partial charge in [-0.2, -0.15) is 0 Å². The first-order chi connectivity index (χ1) is 7.63. The van der Waals surface area contributed by atoms with Gasteiger partial charge in [-0.3, -0.25) is 4.79 Å². The average Bonchev–Trinajstić information content (AvgIpc) is 2.28. The molecule has 1 aliphatic rings. The van der Waals surface area contributed by atoms with Crippen molar-refractivity contribution in [3.63, 3.8) is 0 Å². The van der Waals surface area contributed by atoms with Crippen molar-refractivity contribution >= 4 is 5.97 Å². The Morgan fingerprint density at radius 1 is 1.62 bits per heavy atom. The van der Waals surface area contributed by atoms with Gasteiger partial charge in [-0.15, -0.1) is 0 Å². The molecule has 2 atom stereocenters. The summed E-state index contributed by atoms with van der Waals surface area (Å²) in [6.45, 7) is 2.41. The van der Waals surface area contributed by atoms with Crippen LogP contribution in [0.5, 0.6) is 0 Å². The maximum absolute atomic E-state index is 11.1. The number of methoxy groups -OCH3 is 1. The summed E-state index contributed by atoms with van der Waals surface area (Å²) < 4.78 is 4.60. The Bertz CT molecular complexity index is 221. The second kappa shape index (κ2) is 6.86. The van der Waals surface area contributed by atoms with E-state index >= 15 is 0 Å². The SMILES string of the molecule is COC(=O)C(N)CCCC1CCCN(C)C1. The van der Waals surface area contributed by atoms with E-state index in [2.05, 4.69) is 16.7 Å². The molecular weight excluding hydrogens is 204 g/mol. The van der Waals surface area contributed by atoms with Crippen molar-refractivity contribution in [2.75, 3.05) is 27.2 Å². The summed E-state index contributed by atoms with van der Waals surface area (Å²) in [5, 5.41) is 0. The van der Waals surface area contributed by atoms with Crippen molar-refractivity contribution in [3.8, 4) is 0 Å². The van der Waals surface area contributed by atoms with E-state index in [9.17, 15) is 4.79 Å². The lowest BCUT2D eigenvalue weighted by Crippen LogP contribution is -2.33. The van der Waals surface area contributed by atoms with E-state index in [1.54, 1.807) is 0 Å². The Balaban J connectivity index is 2.12. The highest BCUT2D eigenvalue weighted by Gasteiger charge is 2.18. The first-order valence-electron chi connectivity index (χ1n) is 6.15. The number of piperidine rings is 1. The highest BCUT2D eigenvalue weighted by atomic mass is 16.5. The Morgan fingerprint density at radius 2 is 2.38 bits per heavy atom. The fourth-order valence-corrected chi connectivity index (χ4v) is 2.40. The van der Waals surface area contributed by atoms with Crippen LogP contribution >= 0.6 is 0 Å². The molecule has 2 unspecified atom stereocenters. The van der Waals surface area contributed by atoms with E-state index in [1.807, 2.05) is 0 Å². The van der Waals surface area contributed by atoms with Crippen LogP contribution in [0.2, 0.25) is 0 Å². The molecule has 0 saturated carbocycles. The van der Waals surface area contributed by atoms with E-state index < -0.39 is 6.04 Å². The van der Waals surface area contributed by atoms with Crippen LogP contribution in [0.15, 0.2) is 0 Å². The van der Waals surface area contributed by atoms with Gasteiger partial charge in [0.25, 0.3) is 0 Å². The molecule has 0 aliphatic carbocycles. The minimum Gasteiger partial charge on any atom is -0.468 e. The number of nitrogens with zero attached hydrogens (tertiary/aromatic N) is 1. The molecule has 1 saturated heterocycles. The molecule has 16 heavy (non-hydrogen) atoms. The molecule has 0 spiro atoms. The van der Waals surface area contributed by atoms with Gasteiger partial charge in [-0.05, 0) is 45.2 Å². The number of likely N-dealkylation sites (tertiary alicyclic amines) is 1. The van der Waals surface area contributed by atoms with Gasteiger partial charge in [0.1, 0.15) is 6.04 Å². The molecule has 2 N–H and O–H groups in total. The number of hydrogen-bond acceptors (Lipinski definition) is 4. The first-order valence-corrected chi connectivity index (χ1v) is 6.15. The predicted molar refractivity (Wildman–Crippen MR) is 64.1 cm³/mol. The number of nitrogens with two attached hydrogens (primary N) is 1. The Labute approximate surface area is 98.1 Å². The third-order valence-electron chi connectivity index (χ3n) is 3.35. The van der Waals surface area contributed by atoms with Crippen LogP contribution < -0.4 is 5.73 Å². The van der Waals surface area contributed by atoms with E-state index in [1.165, 1.54) is 39.5 Å². The molecule has 0 aromatic carbocycles. The maximum Gasteiger partial charge on any atom is 0.322 e. The molecule has 4 heteroatoms. The smallest absolute Gasteiger partial charge is 0.322 e. The van der Waals surface area contributed by atoms with Crippen LogP contribution in [0.25, 0.3) is 0 Å². The van der Waals surface area contributed by atoms with Crippen LogP contribution in [0, 0.1) is 5.92 Å². The largest absolute Gasteiger partial charge is 0.468 e. The van der Waals surface area contributed by atoms with E-state index in [0.29, 0.717) is 0 Å². The fraction of sp³-hybridized carbons (Fsp3) is 0.917. The van der Waals surface area contributed by atoms with Crippen LogP contribution in [0.4, 0.5) is 0 Å². The molecule has 0 aromatic rings. The molecule has 0 bridgehead atoms. The minimum absolute atomic E-state index is 0.291. The zero-order valence-corrected chi connectivity index (χ0v) is 10.4. The quantitative estimate of drug-likeness (QED) is 0.713. The second-order valence-electron chi connectivity index (χ2n) is 4.83. The highest BCUT2D eigenvalue weighted by molar-refractivity contribution is 5.75. The Hall–Kier alpha value is -0.610. The van der Waals surface area contributed by atoms with Gasteiger partial charge in [0, 0.05) is 6.54 Å². The van der Waals surface area contributed by atoms with Gasteiger partial charge in [0.15, 0.2) is 0 Å². The monoisotopic (exact) mass is 228 g/mol. The van der Waals surface area contributed by atoms with Crippen LogP contribution in [-0.2, 0) is 9.53 Å². The van der Waals surface area contributed by atoms with Crippen molar-refractivity contribution in [1.82, 2.24) is 4.90 Å². The van der Waals surface area contributed by atoms with Gasteiger partial charge < -0.3 is 15.4 Å². The summed E-state index contributed by atoms with van der Waals surface area (Å²) in [5.74, 6) is 0.490. The van der Waals surface area contributed by atoms with E-state index in [-0.39, 0.29) is 5.97 Å². The van der Waals surface area contributed by atoms with E-state index in [0.717, 1.165) is 18.8 Å². The highest BCUT2D eigenvalue weighted by Crippen LogP contribution is 2.20. The third kappa shape index (κ3) is 4.49. The molecule has 94 valence electrons. The number of hydrogen-bond donors (Lipinski definition) is 1. The fourth-order valence-electron chi connectivity index (χ4n) is 2.40. The number of carbonyl (C=O) groups excluding carboxylic acids is 1. The first kappa shape index (κ1) is 13.5. The molecule has 0 radical (unpaired) electrons. The summed E-state index contributed by atoms with van der Waals surface area (Å²) >= 11 is 0. The molecule has 1 heterocycles. The van der Waals surface area contributed by atoms with Crippen molar-refractivity contribution in [3.05, 3.63) is 0 Å². The number of esters is 1. The third-order valence-corrected chi connectivity index (χ3v) is 3.35. The van der Waals surface area contributed by atoms with Gasteiger partial charge in [0.05, 0.1) is 7.11 Å². The topological polar surface area (TPSA) is 55.6 Å². The maximum atomic E-state index is 11.1. The summed E-state index contributed by atoms with van der Waals surface area (Å²) in [5.41, 5.74) is 5.69. The van der Waals surface area contributed by atoms with Gasteiger partial charge >= 0.3 is 5.97 Å². The lowest BCUT2D eigenvalue weighted by molar-refractivity contribution is -0.142. The molecule has 0 amide bonds. The summed E-state index contributed by atoms with van der Waals surface area (Å²) in [6.07, 6.45) is 5.55. The standard InChI is InChI=1S/C12H24N2O2/c1-14-8-4-6-10(9-14)5-3-7-11(13)12(15)16-2/h10-11H,3-9,13H2,1-2H3. The normalized spacial score (nSPS) is 24.1. The summed E-state index contributed by atoms with van der Waals surface area (Å²) in [4.78, 5) is 13.5. The molecule has 1 aliphatic heterocycles. The minimum atomic E-state index is -0.439. The average molecular weight is 228 g/mol. The van der Waals surface area contributed by atoms with Crippen molar-refractivity contribution < 1.29 is 9.53 Å². The molecular formula is C12H24N2O2. The zero-order valence-electron chi connectivity index (χ0n) is 10.4. The van der Waals surface area contributed by atoms with Crippen molar-refractivity contribution in [1.29, 1.82) is 0 Å². The lowest BCUT2D eigenvalue weighted by atomic mass is 9.92. The van der Waals surface area contributed by atoms with Gasteiger partial charge in [0.2, 0.25) is 0 Å². The number of ether oxygens (including phenoxy) is 1. The zero-order chi connectivity index (χ0) is 12.0. The Morgan fingerprint density at radius 3 is 3.00 bits per heavy atom. The number of carbonyl (C=O) groups is 1. The van der Waals surface area contributed by atoms with Crippen LogP contribution in [0.1, 0.15) is 32.1 Å². The number of rotatable bonds is 5. The second-order valence-corrected chi connectivity index (χ2v) is 4.83. The van der Waals surface area contributed by atoms with Gasteiger partial charge in [-0.1, -0.05) is 6.42 Å². The lowest BCUT2D eigenvalue weighted by Gasteiger charge is -2.29. The predicted octanol–water partition coefficient (Wildman–Crippen LogP) is 0.999. The summed E-state index contributed by atoms with van der Waals surface area (Å²) in [6, 6.07) is -0.439.